The molecule has 0 aliphatic rings. The van der Waals surface area contributed by atoms with Crippen LogP contribution in [0.15, 0.2) is 0 Å². The van der Waals surface area contributed by atoms with Gasteiger partial charge in [0.15, 0.2) is 0 Å². The highest BCUT2D eigenvalue weighted by Crippen LogP contribution is 2.37. The monoisotopic (exact) mass is 337 g/mol. The van der Waals surface area contributed by atoms with E-state index < -0.39 is 15.5 Å². The average molecular weight is 338 g/mol. The van der Waals surface area contributed by atoms with Crippen LogP contribution < -0.4 is 5.32 Å². The molecule has 22 heavy (non-hydrogen) atoms. The zero-order valence-corrected chi connectivity index (χ0v) is 15.9. The lowest BCUT2D eigenvalue weighted by Gasteiger charge is -2.37. The van der Waals surface area contributed by atoms with Crippen LogP contribution in [-0.4, -0.2) is 62.8 Å². The van der Waals surface area contributed by atoms with Crippen LogP contribution in [0.4, 0.5) is 0 Å². The molecule has 0 saturated carbocycles. The van der Waals surface area contributed by atoms with Gasteiger partial charge >= 0.3 is 0 Å². The molecule has 0 unspecified atom stereocenters. The summed E-state index contributed by atoms with van der Waals surface area (Å²) < 4.78 is 30.8. The molecule has 0 saturated heterocycles. The van der Waals surface area contributed by atoms with Crippen LogP contribution >= 0.6 is 0 Å². The summed E-state index contributed by atoms with van der Waals surface area (Å²) in [5, 5.41) is 2.97. The Morgan fingerprint density at radius 3 is 2.00 bits per heavy atom. The highest BCUT2D eigenvalue weighted by atomic mass is 32.2. The van der Waals surface area contributed by atoms with Crippen molar-refractivity contribution >= 4 is 16.0 Å². The van der Waals surface area contributed by atoms with Crippen molar-refractivity contribution in [2.24, 2.45) is 10.8 Å². The summed E-state index contributed by atoms with van der Waals surface area (Å²) in [5.41, 5.74) is -0.591. The largest absolute Gasteiger partial charge is 0.350 e. The zero-order valence-electron chi connectivity index (χ0n) is 15.1. The van der Waals surface area contributed by atoms with Gasteiger partial charge < -0.3 is 9.80 Å². The number of likely N-dealkylation sites (N-methyl/N-ethyl adjacent to an activating group) is 1. The number of carbonyl (C=O) groups is 1. The molecule has 0 bridgehead atoms. The van der Waals surface area contributed by atoms with Crippen molar-refractivity contribution in [3.05, 3.63) is 0 Å². The van der Waals surface area contributed by atoms with Crippen LogP contribution in [0, 0.1) is 10.8 Å². The van der Waals surface area contributed by atoms with Crippen molar-refractivity contribution in [3.8, 4) is 0 Å². The van der Waals surface area contributed by atoms with E-state index in [2.05, 4.69) is 5.32 Å². The lowest BCUT2D eigenvalue weighted by atomic mass is 9.69. The summed E-state index contributed by atoms with van der Waals surface area (Å²) >= 11 is 0. The first-order valence-corrected chi connectivity index (χ1v) is 9.25. The molecule has 0 radical (unpaired) electrons. The summed E-state index contributed by atoms with van der Waals surface area (Å²) in [6, 6.07) is 0. The van der Waals surface area contributed by atoms with Crippen LogP contribution in [0.25, 0.3) is 0 Å². The normalized spacial score (nSPS) is 14.0. The van der Waals surface area contributed by atoms with Crippen molar-refractivity contribution in [1.29, 1.82) is 0 Å². The van der Waals surface area contributed by atoms with Gasteiger partial charge in [0.05, 0.1) is 39.5 Å². The SMILES string of the molecule is CC(C)(C)C(C)(C)C(=O)NCC[N+](C)(C)CCCS(=O)(=O)O. The van der Waals surface area contributed by atoms with Crippen LogP contribution in [0.3, 0.4) is 0 Å². The molecule has 0 aromatic carbocycles. The maximum Gasteiger partial charge on any atom is 0.265 e. The fourth-order valence-corrected chi connectivity index (χ4v) is 2.31. The molecule has 0 spiro atoms. The van der Waals surface area contributed by atoms with Gasteiger partial charge in [-0.05, 0) is 5.41 Å². The Labute approximate surface area is 135 Å². The molecule has 0 aliphatic heterocycles. The van der Waals surface area contributed by atoms with Gasteiger partial charge in [0, 0.05) is 11.8 Å². The fraction of sp³-hybridized carbons (Fsp3) is 0.933. The second-order valence-electron chi connectivity index (χ2n) is 8.15. The molecule has 0 fully saturated rings. The summed E-state index contributed by atoms with van der Waals surface area (Å²) in [7, 11) is 0.0585. The van der Waals surface area contributed by atoms with E-state index in [0.717, 1.165) is 0 Å². The minimum absolute atomic E-state index is 0.0259. The molecule has 0 rings (SSSR count). The third kappa shape index (κ3) is 7.56. The number of quaternary nitrogens is 1. The van der Waals surface area contributed by atoms with Gasteiger partial charge in [0.25, 0.3) is 10.1 Å². The number of amides is 1. The number of carbonyl (C=O) groups excluding carboxylic acids is 1. The lowest BCUT2D eigenvalue weighted by Crippen LogP contribution is -2.50. The zero-order chi connectivity index (χ0) is 17.8. The third-order valence-corrected chi connectivity index (χ3v) is 5.42. The highest BCUT2D eigenvalue weighted by molar-refractivity contribution is 7.85. The number of nitrogens with zero attached hydrogens (tertiary/aromatic N) is 1. The second-order valence-corrected chi connectivity index (χ2v) is 9.73. The van der Waals surface area contributed by atoms with Crippen LogP contribution in [0.5, 0.6) is 0 Å². The minimum atomic E-state index is -3.90. The summed E-state index contributed by atoms with van der Waals surface area (Å²) in [6.07, 6.45) is 0.396. The van der Waals surface area contributed by atoms with Gasteiger partial charge in [-0.1, -0.05) is 34.6 Å². The average Bonchev–Trinajstić information content (AvgIpc) is 2.24. The number of rotatable bonds is 8. The van der Waals surface area contributed by atoms with Crippen molar-refractivity contribution < 1.29 is 22.2 Å². The predicted molar refractivity (Wildman–Crippen MR) is 89.1 cm³/mol. The molecule has 0 atom stereocenters. The number of nitrogens with one attached hydrogen (secondary N) is 1. The Morgan fingerprint density at radius 2 is 1.59 bits per heavy atom. The maximum atomic E-state index is 12.3. The lowest BCUT2D eigenvalue weighted by molar-refractivity contribution is -0.889. The van der Waals surface area contributed by atoms with E-state index in [9.17, 15) is 13.2 Å². The van der Waals surface area contributed by atoms with E-state index in [1.54, 1.807) is 0 Å². The number of hydrogen-bond donors (Lipinski definition) is 2. The molecular formula is C15H33N2O4S+. The number of hydrogen-bond acceptors (Lipinski definition) is 3. The Bertz CT molecular complexity index is 476. The Kier molecular flexibility index (Phi) is 7.06. The summed E-state index contributed by atoms with van der Waals surface area (Å²) in [4.78, 5) is 12.3. The molecule has 0 aliphatic carbocycles. The van der Waals surface area contributed by atoms with E-state index in [1.807, 2.05) is 48.7 Å². The Balaban J connectivity index is 4.31. The minimum Gasteiger partial charge on any atom is -0.350 e. The summed E-state index contributed by atoms with van der Waals surface area (Å²) in [6.45, 7) is 11.9. The molecule has 0 aromatic rings. The van der Waals surface area contributed by atoms with Gasteiger partial charge in [-0.2, -0.15) is 8.42 Å². The van der Waals surface area contributed by atoms with Crippen LogP contribution in [-0.2, 0) is 14.9 Å². The standard InChI is InChI=1S/C15H32N2O4S/c1-14(2,3)15(4,5)13(18)16-9-11-17(6,7)10-8-12-22(19,20)21/h8-12H2,1-7H3,(H-,16,18,19,20,21)/p+1. The van der Waals surface area contributed by atoms with E-state index in [-0.39, 0.29) is 17.1 Å². The summed E-state index contributed by atoms with van der Waals surface area (Å²) in [5.74, 6) is -0.198. The molecule has 0 heterocycles. The molecule has 6 nitrogen and oxygen atoms in total. The van der Waals surface area contributed by atoms with Gasteiger partial charge in [-0.15, -0.1) is 0 Å². The second kappa shape index (κ2) is 7.27. The molecule has 2 N–H and O–H groups in total. The van der Waals surface area contributed by atoms with Gasteiger partial charge in [0.2, 0.25) is 5.91 Å². The first-order valence-electron chi connectivity index (χ1n) is 7.64. The van der Waals surface area contributed by atoms with Crippen LogP contribution in [0.1, 0.15) is 41.0 Å². The molecule has 7 heteroatoms. The van der Waals surface area contributed by atoms with Gasteiger partial charge in [-0.25, -0.2) is 0 Å². The van der Waals surface area contributed by atoms with Crippen molar-refractivity contribution in [2.45, 2.75) is 41.0 Å². The van der Waals surface area contributed by atoms with Crippen LogP contribution in [0.2, 0.25) is 0 Å². The van der Waals surface area contributed by atoms with E-state index in [4.69, 9.17) is 4.55 Å². The van der Waals surface area contributed by atoms with Crippen molar-refractivity contribution in [2.75, 3.05) is 39.5 Å². The molecule has 132 valence electrons. The quantitative estimate of drug-likeness (QED) is 0.520. The Morgan fingerprint density at radius 1 is 1.09 bits per heavy atom. The van der Waals surface area contributed by atoms with E-state index in [1.165, 1.54) is 0 Å². The van der Waals surface area contributed by atoms with Gasteiger partial charge in [0.1, 0.15) is 0 Å². The van der Waals surface area contributed by atoms with Gasteiger partial charge in [-0.3, -0.25) is 9.35 Å². The molecular weight excluding hydrogens is 304 g/mol. The predicted octanol–water partition coefficient (Wildman–Crippen LogP) is 1.53. The third-order valence-electron chi connectivity index (χ3n) is 4.61. The van der Waals surface area contributed by atoms with E-state index in [0.29, 0.717) is 30.5 Å². The smallest absolute Gasteiger partial charge is 0.265 e. The maximum absolute atomic E-state index is 12.3. The Hall–Kier alpha value is -0.660. The molecule has 0 aromatic heterocycles. The van der Waals surface area contributed by atoms with E-state index >= 15 is 0 Å². The fourth-order valence-electron chi connectivity index (χ4n) is 1.82. The highest BCUT2D eigenvalue weighted by Gasteiger charge is 2.39. The molecule has 1 amide bonds. The topological polar surface area (TPSA) is 83.5 Å². The first kappa shape index (κ1) is 21.3. The van der Waals surface area contributed by atoms with Crippen molar-refractivity contribution in [1.82, 2.24) is 5.32 Å². The first-order chi connectivity index (χ1) is 9.58. The van der Waals surface area contributed by atoms with Crippen molar-refractivity contribution in [3.63, 3.8) is 0 Å².